The number of likely N-dealkylation sites (tertiary alicyclic amines) is 1. The van der Waals surface area contributed by atoms with Crippen LogP contribution in [-0.4, -0.2) is 59.1 Å². The molecule has 0 radical (unpaired) electrons. The van der Waals surface area contributed by atoms with Gasteiger partial charge in [-0.3, -0.25) is 14.8 Å². The molecule has 144 valence electrons. The second kappa shape index (κ2) is 8.68. The van der Waals surface area contributed by atoms with Gasteiger partial charge in [0.2, 0.25) is 5.88 Å². The van der Waals surface area contributed by atoms with E-state index in [1.165, 1.54) is 32.6 Å². The van der Waals surface area contributed by atoms with Gasteiger partial charge >= 0.3 is 5.69 Å². The van der Waals surface area contributed by atoms with Crippen molar-refractivity contribution in [3.63, 3.8) is 0 Å². The lowest BCUT2D eigenvalue weighted by Gasteiger charge is -2.25. The molecular formula is C19H24N4O4. The molecule has 1 aromatic carbocycles. The number of ether oxygens (including phenoxy) is 1. The molecule has 2 N–H and O–H groups in total. The third-order valence-corrected chi connectivity index (χ3v) is 4.67. The molecule has 27 heavy (non-hydrogen) atoms. The van der Waals surface area contributed by atoms with E-state index in [0.29, 0.717) is 18.0 Å². The molecular weight excluding hydrogens is 348 g/mol. The number of aliphatic imine (C=N–C) groups is 1. The number of nitrogens with one attached hydrogen (secondary N) is 1. The first-order valence-corrected chi connectivity index (χ1v) is 9.05. The van der Waals surface area contributed by atoms with Crippen LogP contribution in [0.3, 0.4) is 0 Å². The van der Waals surface area contributed by atoms with Crippen molar-refractivity contribution in [1.29, 1.82) is 0 Å². The minimum atomic E-state index is -0.715. The number of hydrogen-bond acceptors (Lipinski definition) is 6. The number of H-pyrrole nitrogens is 1. The fraction of sp³-hybridized carbons (Fsp3) is 0.421. The maximum Gasteiger partial charge on any atom is 0.335 e. The third kappa shape index (κ3) is 4.46. The predicted molar refractivity (Wildman–Crippen MR) is 104 cm³/mol. The first-order valence-electron chi connectivity index (χ1n) is 9.05. The lowest BCUT2D eigenvalue weighted by molar-refractivity contribution is 0.235. The molecule has 0 unspecified atom stereocenters. The minimum absolute atomic E-state index is 0.0379. The minimum Gasteiger partial charge on any atom is -0.497 e. The monoisotopic (exact) mass is 372 g/mol. The van der Waals surface area contributed by atoms with Crippen molar-refractivity contribution < 1.29 is 9.84 Å². The molecule has 8 heteroatoms. The molecule has 0 spiro atoms. The summed E-state index contributed by atoms with van der Waals surface area (Å²) in [5.41, 5.74) is -1.00. The number of hydrogen-bond donors (Lipinski definition) is 2. The Balaban J connectivity index is 1.81. The zero-order valence-corrected chi connectivity index (χ0v) is 15.4. The fourth-order valence-corrected chi connectivity index (χ4v) is 3.16. The van der Waals surface area contributed by atoms with E-state index < -0.39 is 17.1 Å². The first kappa shape index (κ1) is 18.9. The molecule has 1 fully saturated rings. The van der Waals surface area contributed by atoms with Crippen molar-refractivity contribution in [2.24, 2.45) is 4.99 Å². The average Bonchev–Trinajstić information content (AvgIpc) is 2.68. The second-order valence-electron chi connectivity index (χ2n) is 6.47. The van der Waals surface area contributed by atoms with Crippen LogP contribution in [0.15, 0.2) is 38.8 Å². The van der Waals surface area contributed by atoms with Gasteiger partial charge in [0.15, 0.2) is 0 Å². The Kier molecular flexibility index (Phi) is 6.08. The van der Waals surface area contributed by atoms with Gasteiger partial charge in [-0.2, -0.15) is 0 Å². The van der Waals surface area contributed by atoms with Crippen LogP contribution in [0, 0.1) is 0 Å². The molecule has 0 atom stereocenters. The Morgan fingerprint density at radius 2 is 1.89 bits per heavy atom. The number of aromatic nitrogens is 2. The molecule has 0 aliphatic carbocycles. The first-order chi connectivity index (χ1) is 13.1. The molecule has 2 aromatic rings. The normalized spacial score (nSPS) is 15.3. The summed E-state index contributed by atoms with van der Waals surface area (Å²) in [7, 11) is 1.54. The molecule has 0 bridgehead atoms. The van der Waals surface area contributed by atoms with E-state index in [0.717, 1.165) is 24.2 Å². The molecule has 0 saturated carbocycles. The van der Waals surface area contributed by atoms with Crippen LogP contribution >= 0.6 is 0 Å². The van der Waals surface area contributed by atoms with Crippen molar-refractivity contribution in [1.82, 2.24) is 14.5 Å². The lowest BCUT2D eigenvalue weighted by atomic mass is 10.1. The average molecular weight is 372 g/mol. The van der Waals surface area contributed by atoms with Crippen LogP contribution in [0.5, 0.6) is 11.6 Å². The van der Waals surface area contributed by atoms with Gasteiger partial charge in [0.05, 0.1) is 19.3 Å². The summed E-state index contributed by atoms with van der Waals surface area (Å²) < 4.78 is 6.13. The number of rotatable bonds is 6. The number of piperidine rings is 1. The highest BCUT2D eigenvalue weighted by atomic mass is 16.5. The zero-order valence-electron chi connectivity index (χ0n) is 15.4. The molecule has 1 saturated heterocycles. The number of nitrogens with zero attached hydrogens (tertiary/aromatic N) is 3. The maximum atomic E-state index is 12.2. The molecule has 2 heterocycles. The standard InChI is InChI=1S/C19H24N4O4/c1-27-15-7-5-14(6-8-15)23-18(25)16(17(24)21-19(23)26)13-20-9-12-22-10-3-2-4-11-22/h5-8,13,25H,2-4,9-12H2,1H3,(H,21,24,26). The highest BCUT2D eigenvalue weighted by Crippen LogP contribution is 2.18. The van der Waals surface area contributed by atoms with Gasteiger partial charge in [0, 0.05) is 12.8 Å². The van der Waals surface area contributed by atoms with Crippen molar-refractivity contribution in [2.45, 2.75) is 19.3 Å². The Labute approximate surface area is 156 Å². The summed E-state index contributed by atoms with van der Waals surface area (Å²) in [6, 6.07) is 6.57. The highest BCUT2D eigenvalue weighted by molar-refractivity contribution is 5.82. The summed E-state index contributed by atoms with van der Waals surface area (Å²) in [5, 5.41) is 10.5. The van der Waals surface area contributed by atoms with E-state index in [1.54, 1.807) is 24.3 Å². The SMILES string of the molecule is COc1ccc(-n2c(O)c(C=NCCN3CCCCC3)c(=O)[nH]c2=O)cc1. The van der Waals surface area contributed by atoms with E-state index in [2.05, 4.69) is 14.9 Å². The van der Waals surface area contributed by atoms with E-state index in [9.17, 15) is 14.7 Å². The van der Waals surface area contributed by atoms with Crippen LogP contribution in [0.2, 0.25) is 0 Å². The van der Waals surface area contributed by atoms with Gasteiger partial charge in [-0.15, -0.1) is 0 Å². The Hall–Kier alpha value is -2.87. The van der Waals surface area contributed by atoms with E-state index in [-0.39, 0.29) is 5.56 Å². The second-order valence-corrected chi connectivity index (χ2v) is 6.47. The van der Waals surface area contributed by atoms with Gasteiger partial charge in [0.25, 0.3) is 5.56 Å². The summed E-state index contributed by atoms with van der Waals surface area (Å²) in [5.74, 6) is 0.186. The van der Waals surface area contributed by atoms with Crippen LogP contribution in [0.25, 0.3) is 5.69 Å². The van der Waals surface area contributed by atoms with Crippen LogP contribution in [-0.2, 0) is 0 Å². The Morgan fingerprint density at radius 3 is 2.56 bits per heavy atom. The quantitative estimate of drug-likeness (QED) is 0.741. The largest absolute Gasteiger partial charge is 0.497 e. The summed E-state index contributed by atoms with van der Waals surface area (Å²) in [4.78, 5) is 33.1. The molecule has 1 aliphatic heterocycles. The maximum absolute atomic E-state index is 12.2. The molecule has 1 aromatic heterocycles. The number of benzene rings is 1. The van der Waals surface area contributed by atoms with E-state index >= 15 is 0 Å². The van der Waals surface area contributed by atoms with E-state index in [1.807, 2.05) is 0 Å². The summed E-state index contributed by atoms with van der Waals surface area (Å²) >= 11 is 0. The van der Waals surface area contributed by atoms with Gasteiger partial charge in [0.1, 0.15) is 11.3 Å². The van der Waals surface area contributed by atoms with Gasteiger partial charge < -0.3 is 14.7 Å². The number of aromatic hydroxyl groups is 1. The lowest BCUT2D eigenvalue weighted by Crippen LogP contribution is -2.32. The smallest absolute Gasteiger partial charge is 0.335 e. The third-order valence-electron chi connectivity index (χ3n) is 4.67. The number of aromatic amines is 1. The van der Waals surface area contributed by atoms with Crippen molar-refractivity contribution in [3.05, 3.63) is 50.7 Å². The Bertz CT molecular complexity index is 909. The van der Waals surface area contributed by atoms with E-state index in [4.69, 9.17) is 4.74 Å². The fourth-order valence-electron chi connectivity index (χ4n) is 3.16. The number of methoxy groups -OCH3 is 1. The predicted octanol–water partition coefficient (Wildman–Crippen LogP) is 1.14. The van der Waals surface area contributed by atoms with Gasteiger partial charge in [-0.1, -0.05) is 6.42 Å². The summed E-state index contributed by atoms with van der Waals surface area (Å²) in [6.07, 6.45) is 5.02. The Morgan fingerprint density at radius 1 is 1.19 bits per heavy atom. The zero-order chi connectivity index (χ0) is 19.2. The van der Waals surface area contributed by atoms with Crippen molar-refractivity contribution in [2.75, 3.05) is 33.3 Å². The molecule has 1 aliphatic rings. The van der Waals surface area contributed by atoms with Crippen molar-refractivity contribution >= 4 is 6.21 Å². The van der Waals surface area contributed by atoms with Gasteiger partial charge in [-0.05, 0) is 50.2 Å². The summed E-state index contributed by atoms with van der Waals surface area (Å²) in [6.45, 7) is 3.49. The van der Waals surface area contributed by atoms with Crippen LogP contribution in [0.1, 0.15) is 24.8 Å². The van der Waals surface area contributed by atoms with Gasteiger partial charge in [-0.25, -0.2) is 9.36 Å². The molecule has 0 amide bonds. The van der Waals surface area contributed by atoms with Crippen LogP contribution < -0.4 is 16.0 Å². The van der Waals surface area contributed by atoms with Crippen LogP contribution in [0.4, 0.5) is 0 Å². The molecule has 8 nitrogen and oxygen atoms in total. The van der Waals surface area contributed by atoms with Crippen molar-refractivity contribution in [3.8, 4) is 17.3 Å². The molecule has 3 rings (SSSR count). The topological polar surface area (TPSA) is 99.9 Å². The highest BCUT2D eigenvalue weighted by Gasteiger charge is 2.14.